The summed E-state index contributed by atoms with van der Waals surface area (Å²) in [6, 6.07) is 11.8. The number of ketones is 1. The van der Waals surface area contributed by atoms with Gasteiger partial charge in [0.2, 0.25) is 0 Å². The summed E-state index contributed by atoms with van der Waals surface area (Å²) in [4.78, 5) is 27.7. The molecular formula is C28H36N2O6. The average Bonchev–Trinajstić information content (AvgIpc) is 2.84. The number of hydrogen-bond donors (Lipinski definition) is 2. The Morgan fingerprint density at radius 1 is 1.19 bits per heavy atom. The van der Waals surface area contributed by atoms with Gasteiger partial charge in [0.15, 0.2) is 5.78 Å². The molecule has 0 bridgehead atoms. The van der Waals surface area contributed by atoms with E-state index in [0.29, 0.717) is 22.6 Å². The number of amides is 1. The van der Waals surface area contributed by atoms with E-state index < -0.39 is 17.7 Å². The predicted molar refractivity (Wildman–Crippen MR) is 139 cm³/mol. The fourth-order valence-electron chi connectivity index (χ4n) is 3.93. The van der Waals surface area contributed by atoms with Gasteiger partial charge in [-0.15, -0.1) is 0 Å². The van der Waals surface area contributed by atoms with Crippen LogP contribution in [0, 0.1) is 0 Å². The van der Waals surface area contributed by atoms with E-state index in [-0.39, 0.29) is 19.0 Å². The van der Waals surface area contributed by atoms with E-state index in [4.69, 9.17) is 14.2 Å². The zero-order chi connectivity index (χ0) is 26.3. The topological polar surface area (TPSA) is 97.3 Å². The quantitative estimate of drug-likeness (QED) is 0.394. The van der Waals surface area contributed by atoms with Crippen molar-refractivity contribution in [2.75, 3.05) is 38.3 Å². The van der Waals surface area contributed by atoms with Crippen molar-refractivity contribution in [1.82, 2.24) is 5.32 Å². The van der Waals surface area contributed by atoms with Gasteiger partial charge in [0.25, 0.3) is 0 Å². The van der Waals surface area contributed by atoms with Crippen LogP contribution >= 0.6 is 0 Å². The Morgan fingerprint density at radius 2 is 1.97 bits per heavy atom. The molecule has 2 N–H and O–H groups in total. The van der Waals surface area contributed by atoms with Crippen LogP contribution in [-0.2, 0) is 4.74 Å². The first-order valence-corrected chi connectivity index (χ1v) is 12.1. The van der Waals surface area contributed by atoms with Gasteiger partial charge < -0.3 is 29.5 Å². The third-order valence-corrected chi connectivity index (χ3v) is 5.65. The van der Waals surface area contributed by atoms with Gasteiger partial charge in [-0.1, -0.05) is 24.3 Å². The van der Waals surface area contributed by atoms with E-state index >= 15 is 0 Å². The monoisotopic (exact) mass is 496 g/mol. The molecule has 1 atom stereocenters. The van der Waals surface area contributed by atoms with Crippen LogP contribution in [0.1, 0.15) is 49.5 Å². The number of nitrogens with zero attached hydrogens (tertiary/aromatic N) is 1. The summed E-state index contributed by atoms with van der Waals surface area (Å²) in [7, 11) is 1.54. The van der Waals surface area contributed by atoms with E-state index in [1.165, 1.54) is 5.57 Å². The lowest BCUT2D eigenvalue weighted by molar-refractivity contribution is 0.0458. The third kappa shape index (κ3) is 7.49. The predicted octanol–water partition coefficient (Wildman–Crippen LogP) is 4.35. The summed E-state index contributed by atoms with van der Waals surface area (Å²) in [5, 5.41) is 12.2. The molecule has 0 radical (unpaired) electrons. The molecule has 0 saturated carbocycles. The SMILES string of the molecule is C=C1CCCN(c2ccc(OC)c(C(=O)c3cccc(OC[C@@H](CO)NC(=O)OC(C)(C)C)c3)c2)C1. The standard InChI is InChI=1S/C28H36N2O6/c1-19-8-7-13-30(16-19)22-11-12-25(34-5)24(15-22)26(32)20-9-6-10-23(14-20)35-18-21(17-31)29-27(33)36-28(2,3)4/h6,9-12,14-15,21,31H,1,7-8,13,16-18H2,2-5H3,(H,29,33)/t21-/m1/s1. The van der Waals surface area contributed by atoms with Crippen molar-refractivity contribution in [3.63, 3.8) is 0 Å². The molecule has 0 unspecified atom stereocenters. The fraction of sp³-hybridized carbons (Fsp3) is 0.429. The maximum atomic E-state index is 13.5. The fourth-order valence-corrected chi connectivity index (χ4v) is 3.93. The van der Waals surface area contributed by atoms with Crippen LogP contribution in [0.5, 0.6) is 11.5 Å². The molecule has 0 aromatic heterocycles. The van der Waals surface area contributed by atoms with Gasteiger partial charge in [0, 0.05) is 24.3 Å². The molecule has 2 aromatic rings. The summed E-state index contributed by atoms with van der Waals surface area (Å²) in [5.74, 6) is 0.737. The van der Waals surface area contributed by atoms with E-state index in [9.17, 15) is 14.7 Å². The number of carbonyl (C=O) groups is 2. The molecular weight excluding hydrogens is 460 g/mol. The molecule has 0 spiro atoms. The lowest BCUT2D eigenvalue weighted by atomic mass is 10.00. The molecule has 1 fully saturated rings. The van der Waals surface area contributed by atoms with Crippen molar-refractivity contribution in [2.45, 2.75) is 45.3 Å². The Morgan fingerprint density at radius 3 is 2.64 bits per heavy atom. The van der Waals surface area contributed by atoms with E-state index in [0.717, 1.165) is 31.6 Å². The molecule has 2 aromatic carbocycles. The normalized spacial score (nSPS) is 14.7. The van der Waals surface area contributed by atoms with Crippen molar-refractivity contribution in [1.29, 1.82) is 0 Å². The Bertz CT molecular complexity index is 1090. The van der Waals surface area contributed by atoms with Crippen LogP contribution in [0.15, 0.2) is 54.6 Å². The molecule has 36 heavy (non-hydrogen) atoms. The molecule has 3 rings (SSSR count). The molecule has 1 heterocycles. The highest BCUT2D eigenvalue weighted by molar-refractivity contribution is 6.11. The summed E-state index contributed by atoms with van der Waals surface area (Å²) in [5.41, 5.74) is 2.37. The lowest BCUT2D eigenvalue weighted by Gasteiger charge is -2.30. The van der Waals surface area contributed by atoms with Crippen molar-refractivity contribution < 1.29 is 28.9 Å². The van der Waals surface area contributed by atoms with Gasteiger partial charge in [-0.2, -0.15) is 0 Å². The van der Waals surface area contributed by atoms with Gasteiger partial charge in [-0.3, -0.25) is 4.79 Å². The molecule has 194 valence electrons. The van der Waals surface area contributed by atoms with Crippen LogP contribution in [0.4, 0.5) is 10.5 Å². The summed E-state index contributed by atoms with van der Waals surface area (Å²) >= 11 is 0. The minimum absolute atomic E-state index is 0.00500. The number of ether oxygens (including phenoxy) is 3. The largest absolute Gasteiger partial charge is 0.496 e. The molecule has 1 amide bonds. The first-order valence-electron chi connectivity index (χ1n) is 12.1. The van der Waals surface area contributed by atoms with E-state index in [2.05, 4.69) is 16.8 Å². The van der Waals surface area contributed by atoms with Crippen LogP contribution in [0.2, 0.25) is 0 Å². The summed E-state index contributed by atoms with van der Waals surface area (Å²) in [6.07, 6.45) is 1.42. The minimum atomic E-state index is -0.671. The van der Waals surface area contributed by atoms with Crippen molar-refractivity contribution in [2.24, 2.45) is 0 Å². The van der Waals surface area contributed by atoms with Gasteiger partial charge >= 0.3 is 6.09 Å². The van der Waals surface area contributed by atoms with Crippen LogP contribution in [0.3, 0.4) is 0 Å². The number of rotatable bonds is 9. The number of carbonyl (C=O) groups excluding carboxylic acids is 2. The van der Waals surface area contributed by atoms with Crippen molar-refractivity contribution in [3.8, 4) is 11.5 Å². The maximum absolute atomic E-state index is 13.5. The van der Waals surface area contributed by atoms with Gasteiger partial charge in [0.05, 0.1) is 25.3 Å². The summed E-state index contributed by atoms with van der Waals surface area (Å²) in [6.45, 7) is 10.7. The molecule has 8 nitrogen and oxygen atoms in total. The third-order valence-electron chi connectivity index (χ3n) is 5.65. The highest BCUT2D eigenvalue weighted by Gasteiger charge is 2.21. The minimum Gasteiger partial charge on any atom is -0.496 e. The molecule has 0 aliphatic carbocycles. The molecule has 1 saturated heterocycles. The number of aliphatic hydroxyl groups is 1. The Hall–Kier alpha value is -3.52. The second-order valence-corrected chi connectivity index (χ2v) is 9.85. The maximum Gasteiger partial charge on any atom is 0.408 e. The molecule has 8 heteroatoms. The first kappa shape index (κ1) is 27.1. The first-order chi connectivity index (χ1) is 17.1. The van der Waals surface area contributed by atoms with Crippen molar-refractivity contribution >= 4 is 17.6 Å². The number of benzene rings is 2. The van der Waals surface area contributed by atoms with Crippen LogP contribution in [0.25, 0.3) is 0 Å². The number of piperidine rings is 1. The molecule has 1 aliphatic heterocycles. The van der Waals surface area contributed by atoms with Gasteiger partial charge in [-0.05, 0) is 63.9 Å². The van der Waals surface area contributed by atoms with E-state index in [1.807, 2.05) is 18.2 Å². The molecule has 1 aliphatic rings. The van der Waals surface area contributed by atoms with Crippen LogP contribution < -0.4 is 19.7 Å². The zero-order valence-corrected chi connectivity index (χ0v) is 21.5. The van der Waals surface area contributed by atoms with Gasteiger partial charge in [0.1, 0.15) is 23.7 Å². The Kier molecular flexibility index (Phi) is 8.98. The zero-order valence-electron chi connectivity index (χ0n) is 21.5. The Labute approximate surface area is 212 Å². The van der Waals surface area contributed by atoms with Gasteiger partial charge in [-0.25, -0.2) is 4.79 Å². The number of anilines is 1. The second kappa shape index (κ2) is 11.9. The number of aliphatic hydroxyl groups excluding tert-OH is 1. The van der Waals surface area contributed by atoms with E-state index in [1.54, 1.807) is 52.1 Å². The number of alkyl carbamates (subject to hydrolysis) is 1. The average molecular weight is 497 g/mol. The lowest BCUT2D eigenvalue weighted by Crippen LogP contribution is -2.44. The van der Waals surface area contributed by atoms with Crippen LogP contribution in [-0.4, -0.2) is 62.0 Å². The highest BCUT2D eigenvalue weighted by atomic mass is 16.6. The number of nitrogens with one attached hydrogen (secondary N) is 1. The highest BCUT2D eigenvalue weighted by Crippen LogP contribution is 2.30. The Balaban J connectivity index is 1.73. The smallest absolute Gasteiger partial charge is 0.408 e. The second-order valence-electron chi connectivity index (χ2n) is 9.85. The van der Waals surface area contributed by atoms with Crippen molar-refractivity contribution in [3.05, 3.63) is 65.7 Å². The number of methoxy groups -OCH3 is 1. The number of hydrogen-bond acceptors (Lipinski definition) is 7. The summed E-state index contributed by atoms with van der Waals surface area (Å²) < 4.78 is 16.5.